The molecule has 0 N–H and O–H groups in total. The molecule has 0 fully saturated rings. The largest absolute Gasteiger partial charge is 0.329 e. The second kappa shape index (κ2) is 6.38. The van der Waals surface area contributed by atoms with Gasteiger partial charge in [0.2, 0.25) is 0 Å². The molecule has 0 saturated heterocycles. The molecule has 5 nitrogen and oxygen atoms in total. The highest BCUT2D eigenvalue weighted by atomic mass is 35.5. The minimum Gasteiger partial charge on any atom is -0.329 e. The summed E-state index contributed by atoms with van der Waals surface area (Å²) in [5.41, 5.74) is 4.53. The maximum absolute atomic E-state index is 13.5. The molecule has 3 heterocycles. The smallest absolute Gasteiger partial charge is 0.154 e. The van der Waals surface area contributed by atoms with E-state index in [1.54, 1.807) is 35.2 Å². The summed E-state index contributed by atoms with van der Waals surface area (Å²) in [5.74, 6) is -0.458. The van der Waals surface area contributed by atoms with E-state index in [1.807, 2.05) is 23.6 Å². The van der Waals surface area contributed by atoms with Gasteiger partial charge in [0.25, 0.3) is 0 Å². The van der Waals surface area contributed by atoms with E-state index in [0.717, 1.165) is 34.8 Å². The van der Waals surface area contributed by atoms with Crippen molar-refractivity contribution in [2.45, 2.75) is 13.5 Å². The second-order valence-electron chi connectivity index (χ2n) is 5.73. The Kier molecular flexibility index (Phi) is 4.05. The number of imidazole rings is 2. The summed E-state index contributed by atoms with van der Waals surface area (Å²) in [4.78, 5) is 8.82. The zero-order valence-electron chi connectivity index (χ0n) is 14.0. The number of fused-ring (bicyclic) bond motifs is 1. The predicted octanol–water partition coefficient (Wildman–Crippen LogP) is 4.72. The highest BCUT2D eigenvalue weighted by molar-refractivity contribution is 6.31. The van der Waals surface area contributed by atoms with Gasteiger partial charge in [0.15, 0.2) is 5.65 Å². The first-order chi connectivity index (χ1) is 12.6. The van der Waals surface area contributed by atoms with E-state index in [-0.39, 0.29) is 5.02 Å². The zero-order chi connectivity index (χ0) is 18.3. The number of rotatable bonds is 4. The Labute approximate surface area is 154 Å². The van der Waals surface area contributed by atoms with Crippen LogP contribution in [0.2, 0.25) is 5.02 Å². The normalized spacial score (nSPS) is 11.2. The molecule has 0 saturated carbocycles. The molecule has 7 heteroatoms. The van der Waals surface area contributed by atoms with Crippen LogP contribution in [0.1, 0.15) is 12.6 Å². The minimum absolute atomic E-state index is 0.0615. The number of halogens is 2. The van der Waals surface area contributed by atoms with Crippen LogP contribution in [0.25, 0.3) is 34.4 Å². The third kappa shape index (κ3) is 2.59. The molecule has 0 atom stereocenters. The summed E-state index contributed by atoms with van der Waals surface area (Å²) in [7, 11) is 0. The molecule has 0 bridgehead atoms. The maximum atomic E-state index is 13.5. The van der Waals surface area contributed by atoms with Gasteiger partial charge in [0.1, 0.15) is 11.5 Å². The van der Waals surface area contributed by atoms with Crippen LogP contribution in [-0.4, -0.2) is 24.1 Å². The molecule has 3 aromatic heterocycles. The fourth-order valence-electron chi connectivity index (χ4n) is 2.90. The molecule has 0 spiro atoms. The van der Waals surface area contributed by atoms with Crippen molar-refractivity contribution in [1.29, 1.82) is 0 Å². The summed E-state index contributed by atoms with van der Waals surface area (Å²) in [6.07, 6.45) is 5.17. The van der Waals surface area contributed by atoms with E-state index < -0.39 is 5.82 Å². The lowest BCUT2D eigenvalue weighted by molar-refractivity contribution is 0.628. The van der Waals surface area contributed by atoms with Gasteiger partial charge >= 0.3 is 0 Å². The Hall–Kier alpha value is -2.99. The van der Waals surface area contributed by atoms with Crippen molar-refractivity contribution in [1.82, 2.24) is 24.1 Å². The first-order valence-corrected chi connectivity index (χ1v) is 8.48. The van der Waals surface area contributed by atoms with E-state index in [2.05, 4.69) is 16.5 Å². The van der Waals surface area contributed by atoms with Gasteiger partial charge in [-0.25, -0.2) is 18.9 Å². The van der Waals surface area contributed by atoms with Crippen molar-refractivity contribution >= 4 is 23.3 Å². The fourth-order valence-corrected chi connectivity index (χ4v) is 3.08. The van der Waals surface area contributed by atoms with Crippen molar-refractivity contribution < 1.29 is 4.39 Å². The Morgan fingerprint density at radius 3 is 2.81 bits per heavy atom. The first kappa shape index (κ1) is 16.5. The zero-order valence-corrected chi connectivity index (χ0v) is 14.8. The fraction of sp³-hybridized carbons (Fsp3) is 0.105. The topological polar surface area (TPSA) is 48.0 Å². The molecule has 0 aliphatic heterocycles. The maximum Gasteiger partial charge on any atom is 0.154 e. The quantitative estimate of drug-likeness (QED) is 0.524. The van der Waals surface area contributed by atoms with Gasteiger partial charge in [-0.3, -0.25) is 0 Å². The van der Waals surface area contributed by atoms with E-state index in [9.17, 15) is 4.39 Å². The number of nitrogens with zero attached hydrogens (tertiary/aromatic N) is 5. The molecule has 130 valence electrons. The van der Waals surface area contributed by atoms with Crippen molar-refractivity contribution in [2.75, 3.05) is 0 Å². The highest BCUT2D eigenvalue weighted by Crippen LogP contribution is 2.32. The second-order valence-corrected chi connectivity index (χ2v) is 6.14. The molecule has 0 aliphatic rings. The molecular weight excluding hydrogens is 353 g/mol. The number of hydrogen-bond acceptors (Lipinski definition) is 3. The molecule has 1 aromatic carbocycles. The molecule has 0 aliphatic carbocycles. The van der Waals surface area contributed by atoms with Crippen molar-refractivity contribution in [3.63, 3.8) is 0 Å². The van der Waals surface area contributed by atoms with Crippen molar-refractivity contribution in [2.24, 2.45) is 0 Å². The van der Waals surface area contributed by atoms with Crippen LogP contribution in [-0.2, 0) is 6.54 Å². The summed E-state index contributed by atoms with van der Waals surface area (Å²) in [5, 5.41) is 4.76. The summed E-state index contributed by atoms with van der Waals surface area (Å²) in [6.45, 7) is 6.54. The average molecular weight is 368 g/mol. The molecule has 0 unspecified atom stereocenters. The average Bonchev–Trinajstić information content (AvgIpc) is 3.26. The van der Waals surface area contributed by atoms with E-state index in [0.29, 0.717) is 5.69 Å². The van der Waals surface area contributed by atoms with Crippen LogP contribution in [0, 0.1) is 5.82 Å². The third-order valence-corrected chi connectivity index (χ3v) is 4.50. The predicted molar refractivity (Wildman–Crippen MR) is 100 cm³/mol. The molecular formula is C19H15ClFN5. The number of hydrogen-bond donors (Lipinski definition) is 0. The summed E-state index contributed by atoms with van der Waals surface area (Å²) < 4.78 is 17.3. The van der Waals surface area contributed by atoms with Gasteiger partial charge in [-0.05, 0) is 43.3 Å². The Balaban J connectivity index is 1.94. The molecule has 4 rings (SSSR count). The number of aromatic nitrogens is 5. The lowest BCUT2D eigenvalue weighted by atomic mass is 10.1. The Bertz CT molecular complexity index is 1130. The molecule has 4 aromatic rings. The van der Waals surface area contributed by atoms with Gasteiger partial charge in [0, 0.05) is 12.1 Å². The van der Waals surface area contributed by atoms with E-state index in [4.69, 9.17) is 16.7 Å². The van der Waals surface area contributed by atoms with Gasteiger partial charge in [-0.1, -0.05) is 18.2 Å². The van der Waals surface area contributed by atoms with Crippen LogP contribution in [0.4, 0.5) is 4.39 Å². The Morgan fingerprint density at radius 1 is 1.23 bits per heavy atom. The van der Waals surface area contributed by atoms with Gasteiger partial charge < -0.3 is 4.57 Å². The van der Waals surface area contributed by atoms with Crippen molar-refractivity contribution in [3.05, 3.63) is 66.0 Å². The van der Waals surface area contributed by atoms with Crippen molar-refractivity contribution in [3.8, 4) is 22.6 Å². The first-order valence-electron chi connectivity index (χ1n) is 8.10. The van der Waals surface area contributed by atoms with Crippen LogP contribution < -0.4 is 0 Å². The molecule has 0 amide bonds. The minimum atomic E-state index is -0.458. The lowest BCUT2D eigenvalue weighted by Crippen LogP contribution is -2.02. The SMILES string of the molecule is C=Cc1cnc2ccc(-c3c(-c4ccc(F)c(Cl)c4)ncn3CC)nn12. The highest BCUT2D eigenvalue weighted by Gasteiger charge is 2.17. The Morgan fingerprint density at radius 2 is 2.08 bits per heavy atom. The third-order valence-electron chi connectivity index (χ3n) is 4.21. The van der Waals surface area contributed by atoms with E-state index >= 15 is 0 Å². The monoisotopic (exact) mass is 367 g/mol. The van der Waals surface area contributed by atoms with E-state index in [1.165, 1.54) is 6.07 Å². The number of aryl methyl sites for hydroxylation is 1. The van der Waals surface area contributed by atoms with Crippen LogP contribution in [0.3, 0.4) is 0 Å². The van der Waals surface area contributed by atoms with Gasteiger partial charge in [0.05, 0.1) is 34.6 Å². The van der Waals surface area contributed by atoms with Gasteiger partial charge in [-0.2, -0.15) is 5.10 Å². The summed E-state index contributed by atoms with van der Waals surface area (Å²) in [6, 6.07) is 8.37. The molecule has 26 heavy (non-hydrogen) atoms. The molecule has 0 radical (unpaired) electrons. The lowest BCUT2D eigenvalue weighted by Gasteiger charge is -2.09. The van der Waals surface area contributed by atoms with Gasteiger partial charge in [-0.15, -0.1) is 0 Å². The van der Waals surface area contributed by atoms with Crippen LogP contribution >= 0.6 is 11.6 Å². The standard InChI is InChI=1S/C19H15ClFN5/c1-3-13-10-22-17-8-7-16(24-26(13)17)19-18(23-11-25(19)4-2)12-5-6-15(21)14(20)9-12/h3,5-11H,1,4H2,2H3. The van der Waals surface area contributed by atoms with Crippen LogP contribution in [0.15, 0.2) is 49.4 Å². The summed E-state index contributed by atoms with van der Waals surface area (Å²) >= 11 is 5.96. The van der Waals surface area contributed by atoms with Crippen LogP contribution in [0.5, 0.6) is 0 Å². The number of benzene rings is 1.